The van der Waals surface area contributed by atoms with Crippen LogP contribution in [0.4, 0.5) is 10.5 Å². The van der Waals surface area contributed by atoms with E-state index >= 15 is 0 Å². The summed E-state index contributed by atoms with van der Waals surface area (Å²) in [6.07, 6.45) is -0.528. The molecular formula is C15H14ClNO2. The van der Waals surface area contributed by atoms with Gasteiger partial charge in [-0.3, -0.25) is 5.32 Å². The fourth-order valence-corrected chi connectivity index (χ4v) is 1.95. The second kappa shape index (κ2) is 5.76. The Bertz CT molecular complexity index is 591. The Morgan fingerprint density at radius 2 is 1.74 bits per heavy atom. The Labute approximate surface area is 117 Å². The van der Waals surface area contributed by atoms with Gasteiger partial charge in [0.25, 0.3) is 0 Å². The third-order valence-corrected chi connectivity index (χ3v) is 2.91. The predicted molar refractivity (Wildman–Crippen MR) is 77.0 cm³/mol. The molecule has 98 valence electrons. The van der Waals surface area contributed by atoms with Crippen LogP contribution in [-0.4, -0.2) is 6.09 Å². The van der Waals surface area contributed by atoms with Crippen LogP contribution in [0.5, 0.6) is 5.75 Å². The lowest BCUT2D eigenvalue weighted by molar-refractivity contribution is 0.214. The van der Waals surface area contributed by atoms with Gasteiger partial charge in [-0.2, -0.15) is 0 Å². The van der Waals surface area contributed by atoms with Gasteiger partial charge in [0.05, 0.1) is 0 Å². The smallest absolute Gasteiger partial charge is 0.410 e. The lowest BCUT2D eigenvalue weighted by atomic mass is 10.1. The summed E-state index contributed by atoms with van der Waals surface area (Å²) in [7, 11) is 0. The van der Waals surface area contributed by atoms with E-state index in [1.165, 1.54) is 0 Å². The molecule has 1 amide bonds. The van der Waals surface area contributed by atoms with Gasteiger partial charge in [-0.15, -0.1) is 0 Å². The lowest BCUT2D eigenvalue weighted by Crippen LogP contribution is -2.17. The highest BCUT2D eigenvalue weighted by Crippen LogP contribution is 2.23. The number of carbonyl (C=O) groups is 1. The van der Waals surface area contributed by atoms with Crippen molar-refractivity contribution in [3.63, 3.8) is 0 Å². The summed E-state index contributed by atoms with van der Waals surface area (Å²) in [5, 5.41) is 3.20. The standard InChI is InChI=1S/C15H14ClNO2/c1-10-5-3-6-11(2)14(10)19-15(18)17-13-8-4-7-12(16)9-13/h3-9H,1-2H3,(H,17,18). The maximum Gasteiger partial charge on any atom is 0.417 e. The van der Waals surface area contributed by atoms with Gasteiger partial charge in [0.2, 0.25) is 0 Å². The molecule has 1 N–H and O–H groups in total. The molecule has 0 fully saturated rings. The van der Waals surface area contributed by atoms with Gasteiger partial charge >= 0.3 is 6.09 Å². The minimum absolute atomic E-state index is 0.528. The monoisotopic (exact) mass is 275 g/mol. The van der Waals surface area contributed by atoms with E-state index < -0.39 is 6.09 Å². The third-order valence-electron chi connectivity index (χ3n) is 2.67. The average molecular weight is 276 g/mol. The number of nitrogens with one attached hydrogen (secondary N) is 1. The van der Waals surface area contributed by atoms with Crippen molar-refractivity contribution in [3.8, 4) is 5.75 Å². The average Bonchev–Trinajstić information content (AvgIpc) is 2.34. The van der Waals surface area contributed by atoms with Crippen LogP contribution in [0.1, 0.15) is 11.1 Å². The van der Waals surface area contributed by atoms with Crippen LogP contribution >= 0.6 is 11.6 Å². The first kappa shape index (κ1) is 13.4. The minimum atomic E-state index is -0.528. The molecule has 0 spiro atoms. The summed E-state index contributed by atoms with van der Waals surface area (Å²) < 4.78 is 5.33. The topological polar surface area (TPSA) is 38.3 Å². The Kier molecular flexibility index (Phi) is 4.07. The first-order valence-electron chi connectivity index (χ1n) is 5.87. The number of aryl methyl sites for hydroxylation is 2. The molecule has 0 unspecified atom stereocenters. The molecule has 0 heterocycles. The predicted octanol–water partition coefficient (Wildman–Crippen LogP) is 4.57. The van der Waals surface area contributed by atoms with Crippen LogP contribution in [0.2, 0.25) is 5.02 Å². The molecule has 0 aliphatic carbocycles. The summed E-state index contributed by atoms with van der Waals surface area (Å²) >= 11 is 5.85. The lowest BCUT2D eigenvalue weighted by Gasteiger charge is -2.11. The SMILES string of the molecule is Cc1cccc(C)c1OC(=O)Nc1cccc(Cl)c1. The molecule has 4 heteroatoms. The largest absolute Gasteiger partial charge is 0.417 e. The number of anilines is 1. The first-order valence-corrected chi connectivity index (χ1v) is 6.24. The van der Waals surface area contributed by atoms with Crippen molar-refractivity contribution in [2.75, 3.05) is 5.32 Å². The highest BCUT2D eigenvalue weighted by Gasteiger charge is 2.09. The molecule has 0 atom stereocenters. The Hall–Kier alpha value is -2.00. The Morgan fingerprint density at radius 1 is 1.11 bits per heavy atom. The number of carbonyl (C=O) groups excluding carboxylic acids is 1. The number of halogens is 1. The van der Waals surface area contributed by atoms with E-state index in [1.807, 2.05) is 32.0 Å². The summed E-state index contributed by atoms with van der Waals surface area (Å²) in [6.45, 7) is 3.80. The zero-order valence-corrected chi connectivity index (χ0v) is 11.5. The number of ether oxygens (including phenoxy) is 1. The maximum absolute atomic E-state index is 11.8. The Morgan fingerprint density at radius 3 is 2.37 bits per heavy atom. The van der Waals surface area contributed by atoms with Crippen LogP contribution in [0.15, 0.2) is 42.5 Å². The fourth-order valence-electron chi connectivity index (χ4n) is 1.76. The van der Waals surface area contributed by atoms with Crippen molar-refractivity contribution in [3.05, 3.63) is 58.6 Å². The number of rotatable bonds is 2. The van der Waals surface area contributed by atoms with Crippen molar-refractivity contribution in [1.82, 2.24) is 0 Å². The fraction of sp³-hybridized carbons (Fsp3) is 0.133. The highest BCUT2D eigenvalue weighted by atomic mass is 35.5. The van der Waals surface area contributed by atoms with Crippen LogP contribution in [0, 0.1) is 13.8 Å². The number of benzene rings is 2. The van der Waals surface area contributed by atoms with E-state index in [4.69, 9.17) is 16.3 Å². The molecule has 19 heavy (non-hydrogen) atoms. The number of amides is 1. The second-order valence-corrected chi connectivity index (χ2v) is 4.68. The van der Waals surface area contributed by atoms with E-state index in [1.54, 1.807) is 24.3 Å². The Balaban J connectivity index is 2.10. The van der Waals surface area contributed by atoms with Crippen molar-refractivity contribution < 1.29 is 9.53 Å². The van der Waals surface area contributed by atoms with Crippen LogP contribution in [0.25, 0.3) is 0 Å². The normalized spacial score (nSPS) is 10.1. The van der Waals surface area contributed by atoms with E-state index in [-0.39, 0.29) is 0 Å². The minimum Gasteiger partial charge on any atom is -0.410 e. The maximum atomic E-state index is 11.8. The van der Waals surface area contributed by atoms with Gasteiger partial charge in [-0.1, -0.05) is 35.9 Å². The molecule has 0 aromatic heterocycles. The number of hydrogen-bond acceptors (Lipinski definition) is 2. The molecule has 0 saturated carbocycles. The van der Waals surface area contributed by atoms with Gasteiger partial charge in [0, 0.05) is 10.7 Å². The zero-order chi connectivity index (χ0) is 13.8. The van der Waals surface area contributed by atoms with E-state index in [0.29, 0.717) is 16.5 Å². The second-order valence-electron chi connectivity index (χ2n) is 4.25. The van der Waals surface area contributed by atoms with Crippen molar-refractivity contribution in [2.24, 2.45) is 0 Å². The molecule has 2 rings (SSSR count). The van der Waals surface area contributed by atoms with Crippen LogP contribution in [0.3, 0.4) is 0 Å². The highest BCUT2D eigenvalue weighted by molar-refractivity contribution is 6.30. The summed E-state index contributed by atoms with van der Waals surface area (Å²) in [5.74, 6) is 0.585. The van der Waals surface area contributed by atoms with Gasteiger partial charge in [0.15, 0.2) is 0 Å². The number of para-hydroxylation sites is 1. The number of hydrogen-bond donors (Lipinski definition) is 1. The van der Waals surface area contributed by atoms with Crippen LogP contribution in [-0.2, 0) is 0 Å². The first-order chi connectivity index (χ1) is 9.06. The van der Waals surface area contributed by atoms with E-state index in [9.17, 15) is 4.79 Å². The molecule has 2 aromatic carbocycles. The van der Waals surface area contributed by atoms with Gasteiger partial charge in [0.1, 0.15) is 5.75 Å². The molecule has 0 bridgehead atoms. The van der Waals surface area contributed by atoms with Gasteiger partial charge < -0.3 is 4.74 Å². The summed E-state index contributed by atoms with van der Waals surface area (Å²) in [5.41, 5.74) is 2.44. The quantitative estimate of drug-likeness (QED) is 0.872. The molecule has 0 saturated heterocycles. The summed E-state index contributed by atoms with van der Waals surface area (Å²) in [4.78, 5) is 11.8. The van der Waals surface area contributed by atoms with Gasteiger partial charge in [-0.05, 0) is 43.2 Å². The molecule has 2 aromatic rings. The zero-order valence-electron chi connectivity index (χ0n) is 10.7. The van der Waals surface area contributed by atoms with Crippen molar-refractivity contribution in [1.29, 1.82) is 0 Å². The van der Waals surface area contributed by atoms with Crippen LogP contribution < -0.4 is 10.1 Å². The van der Waals surface area contributed by atoms with Crippen molar-refractivity contribution in [2.45, 2.75) is 13.8 Å². The molecule has 3 nitrogen and oxygen atoms in total. The van der Waals surface area contributed by atoms with Gasteiger partial charge in [-0.25, -0.2) is 4.79 Å². The molecule has 0 aliphatic heterocycles. The molecule has 0 radical (unpaired) electrons. The molecule has 0 aliphatic rings. The third kappa shape index (κ3) is 3.48. The van der Waals surface area contributed by atoms with E-state index in [2.05, 4.69) is 5.32 Å². The molecular weight excluding hydrogens is 262 g/mol. The van der Waals surface area contributed by atoms with Crippen molar-refractivity contribution >= 4 is 23.4 Å². The summed E-state index contributed by atoms with van der Waals surface area (Å²) in [6, 6.07) is 12.6. The van der Waals surface area contributed by atoms with E-state index in [0.717, 1.165) is 11.1 Å².